The molecule has 3 nitrogen and oxygen atoms in total. The van der Waals surface area contributed by atoms with Crippen molar-refractivity contribution in [1.82, 2.24) is 4.90 Å². The average molecular weight is 246 g/mol. The van der Waals surface area contributed by atoms with Crippen molar-refractivity contribution in [2.24, 2.45) is 5.92 Å². The highest BCUT2D eigenvalue weighted by Gasteiger charge is 2.34. The normalized spacial score (nSPS) is 30.7. The molecule has 0 aromatic rings. The van der Waals surface area contributed by atoms with Crippen molar-refractivity contribution in [2.75, 3.05) is 25.6 Å². The first-order valence-electron chi connectivity index (χ1n) is 6.26. The van der Waals surface area contributed by atoms with Gasteiger partial charge in [-0.05, 0) is 12.8 Å². The molecule has 1 aliphatic carbocycles. The Labute approximate surface area is 102 Å². The second-order valence-corrected chi connectivity index (χ2v) is 5.09. The number of nitrogens with zero attached hydrogens (tertiary/aromatic N) is 1. The van der Waals surface area contributed by atoms with E-state index in [-0.39, 0.29) is 5.91 Å². The van der Waals surface area contributed by atoms with Crippen LogP contribution < -0.4 is 0 Å². The number of halogens is 1. The molecule has 2 aliphatic rings. The molecule has 1 heterocycles. The Hall–Kier alpha value is -0.280. The molecule has 1 aliphatic heterocycles. The molecule has 2 fully saturated rings. The van der Waals surface area contributed by atoms with Gasteiger partial charge in [0.1, 0.15) is 0 Å². The standard InChI is InChI=1S/C12H20ClNO2/c13-6-5-12(15)14-7-8-16-9-10-3-1-2-4-11(10)14/h10-11H,1-9H2/t10-,11+/m0/s1. The Morgan fingerprint density at radius 1 is 1.38 bits per heavy atom. The monoisotopic (exact) mass is 245 g/mol. The van der Waals surface area contributed by atoms with Crippen LogP contribution in [0.4, 0.5) is 0 Å². The molecule has 1 amide bonds. The van der Waals surface area contributed by atoms with Crippen molar-refractivity contribution < 1.29 is 9.53 Å². The first-order valence-corrected chi connectivity index (χ1v) is 6.79. The number of alkyl halides is 1. The van der Waals surface area contributed by atoms with Crippen LogP contribution in [0.3, 0.4) is 0 Å². The predicted octanol–water partition coefficient (Wildman–Crippen LogP) is 2.03. The van der Waals surface area contributed by atoms with Crippen molar-refractivity contribution in [1.29, 1.82) is 0 Å². The van der Waals surface area contributed by atoms with Crippen LogP contribution in [0, 0.1) is 5.92 Å². The summed E-state index contributed by atoms with van der Waals surface area (Å²) in [6, 6.07) is 0.409. The minimum Gasteiger partial charge on any atom is -0.379 e. The Bertz CT molecular complexity index is 247. The fourth-order valence-electron chi connectivity index (χ4n) is 2.89. The lowest BCUT2D eigenvalue weighted by atomic mass is 9.84. The molecule has 16 heavy (non-hydrogen) atoms. The van der Waals surface area contributed by atoms with Gasteiger partial charge in [0.05, 0.1) is 13.2 Å². The second kappa shape index (κ2) is 5.87. The first-order chi connectivity index (χ1) is 7.83. The molecule has 1 saturated heterocycles. The van der Waals surface area contributed by atoms with E-state index in [1.807, 2.05) is 4.90 Å². The summed E-state index contributed by atoms with van der Waals surface area (Å²) < 4.78 is 5.60. The number of rotatable bonds is 2. The van der Waals surface area contributed by atoms with E-state index >= 15 is 0 Å². The lowest BCUT2D eigenvalue weighted by Crippen LogP contribution is -2.46. The lowest BCUT2D eigenvalue weighted by Gasteiger charge is -2.37. The number of hydrogen-bond donors (Lipinski definition) is 0. The number of amides is 1. The van der Waals surface area contributed by atoms with Crippen LogP contribution in [0.5, 0.6) is 0 Å². The van der Waals surface area contributed by atoms with Gasteiger partial charge >= 0.3 is 0 Å². The first kappa shape index (κ1) is 12.2. The zero-order valence-corrected chi connectivity index (χ0v) is 10.4. The maximum absolute atomic E-state index is 12.0. The van der Waals surface area contributed by atoms with Crippen molar-refractivity contribution in [2.45, 2.75) is 38.1 Å². The predicted molar refractivity (Wildman–Crippen MR) is 63.6 cm³/mol. The third kappa shape index (κ3) is 2.69. The number of fused-ring (bicyclic) bond motifs is 1. The van der Waals surface area contributed by atoms with Crippen LogP contribution >= 0.6 is 11.6 Å². The van der Waals surface area contributed by atoms with Crippen LogP contribution in [0.15, 0.2) is 0 Å². The zero-order chi connectivity index (χ0) is 11.4. The van der Waals surface area contributed by atoms with Gasteiger partial charge in [-0.3, -0.25) is 4.79 Å². The van der Waals surface area contributed by atoms with E-state index in [0.29, 0.717) is 30.9 Å². The summed E-state index contributed by atoms with van der Waals surface area (Å²) in [4.78, 5) is 14.0. The van der Waals surface area contributed by atoms with E-state index in [9.17, 15) is 4.79 Å². The van der Waals surface area contributed by atoms with Gasteiger partial charge in [-0.15, -0.1) is 11.6 Å². The van der Waals surface area contributed by atoms with Crippen LogP contribution in [0.1, 0.15) is 32.1 Å². The topological polar surface area (TPSA) is 29.5 Å². The maximum atomic E-state index is 12.0. The molecule has 2 rings (SSSR count). The number of hydrogen-bond acceptors (Lipinski definition) is 2. The molecule has 0 N–H and O–H groups in total. The van der Waals surface area contributed by atoms with E-state index < -0.39 is 0 Å². The van der Waals surface area contributed by atoms with Gasteiger partial charge in [0.2, 0.25) is 5.91 Å². The number of carbonyl (C=O) groups is 1. The van der Waals surface area contributed by atoms with Gasteiger partial charge in [0.15, 0.2) is 0 Å². The highest BCUT2D eigenvalue weighted by Crippen LogP contribution is 2.30. The molecule has 0 spiro atoms. The van der Waals surface area contributed by atoms with E-state index in [0.717, 1.165) is 19.6 Å². The van der Waals surface area contributed by atoms with Crippen LogP contribution in [0.2, 0.25) is 0 Å². The summed E-state index contributed by atoms with van der Waals surface area (Å²) in [5, 5.41) is 0. The molecule has 4 heteroatoms. The molecule has 0 radical (unpaired) electrons. The SMILES string of the molecule is O=C(CCCl)N1CCOC[C@@H]2CCCC[C@H]21. The number of carbonyl (C=O) groups excluding carboxylic acids is 1. The molecule has 1 saturated carbocycles. The van der Waals surface area contributed by atoms with Gasteiger partial charge < -0.3 is 9.64 Å². The quantitative estimate of drug-likeness (QED) is 0.697. The van der Waals surface area contributed by atoms with Crippen molar-refractivity contribution in [3.05, 3.63) is 0 Å². The van der Waals surface area contributed by atoms with Gasteiger partial charge in [0, 0.05) is 30.8 Å². The van der Waals surface area contributed by atoms with E-state index in [2.05, 4.69) is 0 Å². The summed E-state index contributed by atoms with van der Waals surface area (Å²) >= 11 is 5.65. The third-order valence-corrected chi connectivity index (χ3v) is 3.90. The average Bonchev–Trinajstić information content (AvgIpc) is 2.51. The maximum Gasteiger partial charge on any atom is 0.224 e. The molecule has 0 aromatic heterocycles. The molecular weight excluding hydrogens is 226 g/mol. The van der Waals surface area contributed by atoms with Gasteiger partial charge in [0.25, 0.3) is 0 Å². The van der Waals surface area contributed by atoms with E-state index in [1.165, 1.54) is 19.3 Å². The minimum atomic E-state index is 0.206. The Kier molecular flexibility index (Phi) is 4.47. The van der Waals surface area contributed by atoms with Gasteiger partial charge in [-0.1, -0.05) is 12.8 Å². The van der Waals surface area contributed by atoms with Crippen molar-refractivity contribution in [3.63, 3.8) is 0 Å². The van der Waals surface area contributed by atoms with Crippen molar-refractivity contribution >= 4 is 17.5 Å². The fraction of sp³-hybridized carbons (Fsp3) is 0.917. The highest BCUT2D eigenvalue weighted by atomic mass is 35.5. The summed E-state index contributed by atoms with van der Waals surface area (Å²) in [7, 11) is 0. The summed E-state index contributed by atoms with van der Waals surface area (Å²) in [6.45, 7) is 2.26. The zero-order valence-electron chi connectivity index (χ0n) is 9.66. The fourth-order valence-corrected chi connectivity index (χ4v) is 3.05. The van der Waals surface area contributed by atoms with E-state index in [4.69, 9.17) is 16.3 Å². The van der Waals surface area contributed by atoms with E-state index in [1.54, 1.807) is 0 Å². The molecule has 0 unspecified atom stereocenters. The molecule has 0 bridgehead atoms. The molecule has 0 aromatic carbocycles. The van der Waals surface area contributed by atoms with Gasteiger partial charge in [-0.25, -0.2) is 0 Å². The number of ether oxygens (including phenoxy) is 1. The largest absolute Gasteiger partial charge is 0.379 e. The van der Waals surface area contributed by atoms with Crippen LogP contribution in [0.25, 0.3) is 0 Å². The summed E-state index contributed by atoms with van der Waals surface area (Å²) in [5.74, 6) is 1.18. The molecular formula is C12H20ClNO2. The summed E-state index contributed by atoms with van der Waals surface area (Å²) in [6.07, 6.45) is 5.33. The van der Waals surface area contributed by atoms with Crippen LogP contribution in [-0.2, 0) is 9.53 Å². The third-order valence-electron chi connectivity index (χ3n) is 3.71. The van der Waals surface area contributed by atoms with Crippen molar-refractivity contribution in [3.8, 4) is 0 Å². The Morgan fingerprint density at radius 2 is 2.19 bits per heavy atom. The Balaban J connectivity index is 2.05. The minimum absolute atomic E-state index is 0.206. The van der Waals surface area contributed by atoms with Gasteiger partial charge in [-0.2, -0.15) is 0 Å². The van der Waals surface area contributed by atoms with Crippen LogP contribution in [-0.4, -0.2) is 42.5 Å². The lowest BCUT2D eigenvalue weighted by molar-refractivity contribution is -0.134. The smallest absolute Gasteiger partial charge is 0.224 e. The highest BCUT2D eigenvalue weighted by molar-refractivity contribution is 6.18. The summed E-state index contributed by atoms with van der Waals surface area (Å²) in [5.41, 5.74) is 0. The molecule has 92 valence electrons. The molecule has 2 atom stereocenters. The Morgan fingerprint density at radius 3 is 3.00 bits per heavy atom. The second-order valence-electron chi connectivity index (χ2n) is 4.71.